The van der Waals surface area contributed by atoms with Crippen LogP contribution in [0.4, 0.5) is 5.69 Å². The minimum absolute atomic E-state index is 0.287. The highest BCUT2D eigenvalue weighted by atomic mass is 32.7. The summed E-state index contributed by atoms with van der Waals surface area (Å²) in [5.41, 5.74) is 2.96. The molecule has 8 heteroatoms. The van der Waals surface area contributed by atoms with Crippen LogP contribution in [0.2, 0.25) is 0 Å². The highest BCUT2D eigenvalue weighted by molar-refractivity contribution is 8.56. The fourth-order valence-electron chi connectivity index (χ4n) is 3.06. The molecule has 0 aliphatic carbocycles. The summed E-state index contributed by atoms with van der Waals surface area (Å²) in [5.74, 6) is 1.46. The summed E-state index contributed by atoms with van der Waals surface area (Å²) in [7, 11) is 0. The van der Waals surface area contributed by atoms with Crippen LogP contribution in [-0.4, -0.2) is 42.8 Å². The summed E-state index contributed by atoms with van der Waals surface area (Å²) in [5, 5.41) is 0. The third kappa shape index (κ3) is 8.19. The molecular weight excluding hydrogens is 443 g/mol. The molecule has 0 bridgehead atoms. The fourth-order valence-corrected chi connectivity index (χ4v) is 7.44. The molecule has 2 rings (SSSR count). The number of aliphatic imine (C=N–C) groups is 1. The van der Waals surface area contributed by atoms with Crippen molar-refractivity contribution in [1.29, 1.82) is 0 Å². The topological polar surface area (TPSA) is 60.4 Å². The van der Waals surface area contributed by atoms with E-state index in [1.807, 2.05) is 70.2 Å². The van der Waals surface area contributed by atoms with Crippen LogP contribution < -0.4 is 4.74 Å². The molecule has 0 radical (unpaired) electrons. The van der Waals surface area contributed by atoms with Gasteiger partial charge < -0.3 is 14.0 Å². The Morgan fingerprint density at radius 3 is 2.31 bits per heavy atom. The normalized spacial score (nSPS) is 13.5. The number of rotatable bonds is 12. The molecule has 0 saturated carbocycles. The van der Waals surface area contributed by atoms with Gasteiger partial charge in [-0.1, -0.05) is 31.2 Å². The van der Waals surface area contributed by atoms with Gasteiger partial charge >= 0.3 is 12.7 Å². The van der Waals surface area contributed by atoms with Gasteiger partial charge in [-0.05, 0) is 80.9 Å². The molecule has 0 heterocycles. The highest BCUT2D eigenvalue weighted by Gasteiger charge is 2.36. The van der Waals surface area contributed by atoms with Crippen molar-refractivity contribution in [3.63, 3.8) is 0 Å². The average Bonchev–Trinajstić information content (AvgIpc) is 2.75. The van der Waals surface area contributed by atoms with Gasteiger partial charge in [0.25, 0.3) is 0 Å². The second-order valence-corrected chi connectivity index (χ2v) is 11.7. The van der Waals surface area contributed by atoms with Gasteiger partial charge in [0.1, 0.15) is 12.4 Å². The molecule has 6 nitrogen and oxygen atoms in total. The Morgan fingerprint density at radius 2 is 1.72 bits per heavy atom. The van der Waals surface area contributed by atoms with E-state index >= 15 is 0 Å². The molecule has 0 fully saturated rings. The molecule has 0 amide bonds. The number of amidine groups is 1. The van der Waals surface area contributed by atoms with Gasteiger partial charge in [0.2, 0.25) is 0 Å². The maximum atomic E-state index is 14.0. The molecule has 1 atom stereocenters. The van der Waals surface area contributed by atoms with Gasteiger partial charge in [0, 0.05) is 5.75 Å². The molecule has 32 heavy (non-hydrogen) atoms. The largest absolute Gasteiger partial charge is 0.492 e. The Bertz CT molecular complexity index is 888. The molecule has 2 aromatic rings. The van der Waals surface area contributed by atoms with Gasteiger partial charge in [0.15, 0.2) is 0 Å². The van der Waals surface area contributed by atoms with E-state index < -0.39 is 6.72 Å². The van der Waals surface area contributed by atoms with Crippen molar-refractivity contribution in [2.45, 2.75) is 41.0 Å². The number of ether oxygens (including phenoxy) is 2. The van der Waals surface area contributed by atoms with Gasteiger partial charge in [-0.3, -0.25) is 4.57 Å². The number of nitrogens with zero attached hydrogens (tertiary/aromatic N) is 2. The molecule has 0 spiro atoms. The lowest BCUT2D eigenvalue weighted by Crippen LogP contribution is -2.34. The van der Waals surface area contributed by atoms with Crippen LogP contribution in [-0.2, 0) is 13.8 Å². The fraction of sp³-hybridized carbons (Fsp3) is 0.458. The van der Waals surface area contributed by atoms with Crippen LogP contribution in [0.15, 0.2) is 53.5 Å². The van der Waals surface area contributed by atoms with E-state index in [4.69, 9.17) is 19.0 Å². The summed E-state index contributed by atoms with van der Waals surface area (Å²) in [6.45, 7) is 7.89. The molecule has 2 aromatic carbocycles. The lowest BCUT2D eigenvalue weighted by Gasteiger charge is -2.31. The molecule has 0 aliphatic heterocycles. The lowest BCUT2D eigenvalue weighted by molar-refractivity contribution is 0.234. The maximum absolute atomic E-state index is 14.0. The molecule has 176 valence electrons. The van der Waals surface area contributed by atoms with Crippen LogP contribution >= 0.6 is 18.1 Å². The first-order valence-corrected chi connectivity index (χ1v) is 14.2. The van der Waals surface area contributed by atoms with Gasteiger partial charge in [-0.2, -0.15) is 4.99 Å². The number of para-hydroxylation sites is 1. The van der Waals surface area contributed by atoms with Crippen molar-refractivity contribution in [2.75, 3.05) is 32.1 Å². The van der Waals surface area contributed by atoms with Crippen molar-refractivity contribution >= 4 is 29.8 Å². The molecule has 0 aromatic heterocycles. The molecular formula is C24H35N2O4PS. The standard InChI is InChI=1S/C24H35N2O4PS/c1-6-16-32-31(27,30-8-3)26(14-15-29-23-12-10-9-11-13-23)24(28-7-2)25-22-18-20(4)17-21(5)19-22/h9-13,17-19H,6-8,14-16H2,1-5H3. The third-order valence-corrected chi connectivity index (χ3v) is 9.19. The summed E-state index contributed by atoms with van der Waals surface area (Å²) in [4.78, 5) is 4.75. The van der Waals surface area contributed by atoms with E-state index in [1.165, 1.54) is 11.4 Å². The second-order valence-electron chi connectivity index (χ2n) is 7.18. The highest BCUT2D eigenvalue weighted by Crippen LogP contribution is 2.62. The quantitative estimate of drug-likeness (QED) is 0.186. The summed E-state index contributed by atoms with van der Waals surface area (Å²) >= 11 is 1.32. The Morgan fingerprint density at radius 1 is 1.03 bits per heavy atom. The Labute approximate surface area is 196 Å². The Hall–Kier alpha value is -1.95. The smallest absolute Gasteiger partial charge is 0.357 e. The van der Waals surface area contributed by atoms with Crippen molar-refractivity contribution < 1.29 is 18.6 Å². The van der Waals surface area contributed by atoms with Crippen molar-refractivity contribution in [2.24, 2.45) is 4.99 Å². The first-order chi connectivity index (χ1) is 15.4. The first-order valence-electron chi connectivity index (χ1n) is 11.1. The molecule has 0 N–H and O–H groups in total. The van der Waals surface area contributed by atoms with Gasteiger partial charge in [0.05, 0.1) is 25.4 Å². The molecule has 0 saturated heterocycles. The van der Waals surface area contributed by atoms with E-state index in [2.05, 4.69) is 13.0 Å². The summed E-state index contributed by atoms with van der Waals surface area (Å²) in [6, 6.07) is 15.9. The number of aryl methyl sites for hydroxylation is 2. The maximum Gasteiger partial charge on any atom is 0.357 e. The zero-order chi connectivity index (χ0) is 23.4. The lowest BCUT2D eigenvalue weighted by atomic mass is 10.1. The van der Waals surface area contributed by atoms with Crippen LogP contribution in [0.3, 0.4) is 0 Å². The Balaban J connectivity index is 2.40. The van der Waals surface area contributed by atoms with E-state index in [-0.39, 0.29) is 6.02 Å². The zero-order valence-electron chi connectivity index (χ0n) is 19.7. The van der Waals surface area contributed by atoms with Gasteiger partial charge in [-0.15, -0.1) is 0 Å². The number of benzene rings is 2. The van der Waals surface area contributed by atoms with E-state index in [1.54, 1.807) is 4.67 Å². The SMILES string of the molecule is CCCSP(=O)(OCC)N(CCOc1ccccc1)C(=Nc1cc(C)cc(C)c1)OCC. The van der Waals surface area contributed by atoms with Crippen molar-refractivity contribution in [3.8, 4) is 5.75 Å². The van der Waals surface area contributed by atoms with E-state index in [0.717, 1.165) is 29.0 Å². The summed E-state index contributed by atoms with van der Waals surface area (Å²) in [6.07, 6.45) is 0.883. The predicted octanol–water partition coefficient (Wildman–Crippen LogP) is 7.00. The van der Waals surface area contributed by atoms with Crippen LogP contribution in [0.25, 0.3) is 0 Å². The molecule has 1 unspecified atom stereocenters. The van der Waals surface area contributed by atoms with Crippen molar-refractivity contribution in [1.82, 2.24) is 4.67 Å². The minimum atomic E-state index is -3.30. The zero-order valence-corrected chi connectivity index (χ0v) is 21.5. The number of hydrogen-bond acceptors (Lipinski definition) is 6. The van der Waals surface area contributed by atoms with Crippen LogP contribution in [0.5, 0.6) is 5.75 Å². The third-order valence-electron chi connectivity index (χ3n) is 4.29. The molecule has 0 aliphatic rings. The summed E-state index contributed by atoms with van der Waals surface area (Å²) < 4.78 is 33.3. The first kappa shape index (κ1) is 26.3. The number of hydrogen-bond donors (Lipinski definition) is 0. The van der Waals surface area contributed by atoms with E-state index in [0.29, 0.717) is 32.1 Å². The van der Waals surface area contributed by atoms with Crippen molar-refractivity contribution in [3.05, 3.63) is 59.7 Å². The average molecular weight is 479 g/mol. The monoisotopic (exact) mass is 478 g/mol. The minimum Gasteiger partial charge on any atom is -0.492 e. The Kier molecular flexibility index (Phi) is 11.1. The van der Waals surface area contributed by atoms with Gasteiger partial charge in [-0.25, -0.2) is 4.67 Å². The predicted molar refractivity (Wildman–Crippen MR) is 135 cm³/mol. The van der Waals surface area contributed by atoms with Crippen LogP contribution in [0.1, 0.15) is 38.3 Å². The second kappa shape index (κ2) is 13.6. The van der Waals surface area contributed by atoms with E-state index in [9.17, 15) is 4.57 Å². The van der Waals surface area contributed by atoms with Crippen LogP contribution in [0, 0.1) is 13.8 Å².